The molecule has 5 aromatic rings. The number of hydrogen-bond donors (Lipinski definition) is 4. The summed E-state index contributed by atoms with van der Waals surface area (Å²) in [6, 6.07) is 28.7. The summed E-state index contributed by atoms with van der Waals surface area (Å²) in [7, 11) is 0. The van der Waals surface area contributed by atoms with E-state index in [-0.39, 0.29) is 28.3 Å². The van der Waals surface area contributed by atoms with Crippen LogP contribution in [0.4, 0.5) is 51.6 Å². The van der Waals surface area contributed by atoms with Crippen LogP contribution < -0.4 is 21.7 Å². The number of allylic oxidation sites excluding steroid dienone is 12. The van der Waals surface area contributed by atoms with Crippen LogP contribution in [0.5, 0.6) is 0 Å². The maximum atomic E-state index is 11.0. The van der Waals surface area contributed by atoms with Crippen molar-refractivity contribution in [2.75, 3.05) is 22.5 Å². The van der Waals surface area contributed by atoms with E-state index in [1.807, 2.05) is 103 Å². The number of nitro benzene ring substituents is 1. The fourth-order valence-corrected chi connectivity index (χ4v) is 6.08. The van der Waals surface area contributed by atoms with E-state index in [4.69, 9.17) is 5.73 Å². The predicted molar refractivity (Wildman–Crippen MR) is 284 cm³/mol. The van der Waals surface area contributed by atoms with Crippen LogP contribution in [-0.4, -0.2) is 26.4 Å². The number of benzene rings is 3. The molecule has 73 heavy (non-hydrogen) atoms. The Morgan fingerprint density at radius 2 is 1.47 bits per heavy atom. The number of anilines is 5. The summed E-state index contributed by atoms with van der Waals surface area (Å²) in [4.78, 5) is 29.7. The molecular formula is C54H49N15O4. The first-order valence-electron chi connectivity index (χ1n) is 22.0. The number of rotatable bonds is 17. The third-order valence-corrected chi connectivity index (χ3v) is 9.85. The second kappa shape index (κ2) is 29.2. The van der Waals surface area contributed by atoms with Crippen molar-refractivity contribution in [2.45, 2.75) is 27.2 Å². The van der Waals surface area contributed by atoms with E-state index < -0.39 is 9.85 Å². The lowest BCUT2D eigenvalue weighted by atomic mass is 10.1. The molecule has 2 aromatic heterocycles. The number of nitro groups is 2. The van der Waals surface area contributed by atoms with Gasteiger partial charge >= 0.3 is 0 Å². The maximum absolute atomic E-state index is 11.0. The zero-order chi connectivity index (χ0) is 53.0. The molecule has 19 nitrogen and oxygen atoms in total. The number of nitrogens with two attached hydrogens (primary N) is 1. The Bertz CT molecular complexity index is 3220. The molecular weight excluding hydrogens is 923 g/mol. The van der Waals surface area contributed by atoms with Crippen molar-refractivity contribution in [1.82, 2.24) is 9.97 Å². The van der Waals surface area contributed by atoms with Gasteiger partial charge in [-0.25, -0.2) is 9.97 Å². The highest BCUT2D eigenvalue weighted by molar-refractivity contribution is 5.77. The van der Waals surface area contributed by atoms with Crippen molar-refractivity contribution in [2.24, 2.45) is 26.2 Å². The highest BCUT2D eigenvalue weighted by atomic mass is 16.6. The van der Waals surface area contributed by atoms with Crippen LogP contribution >= 0.6 is 0 Å². The molecule has 0 saturated heterocycles. The minimum atomic E-state index is -0.590. The molecule has 6 rings (SSSR count). The lowest BCUT2D eigenvalue weighted by Crippen LogP contribution is -2.10. The standard InChI is InChI=1S/C28H27N7O2.C20H13N7O2.C6H9N/c1-4-24(35(36)37)17-16-20(2)33-34-26-21(3)25(18-29)27(30-19-22-12-8-5-6-9-13-22)32-28(26)31-23-14-10-7-11-15-23;1-13-17(11-22)20(24-15-5-3-2-4-6-15)23-12-19(13)26-25-18-8-7-16(27(28)29)9-14(18)10-21;1-2-3-4-5-6-7/h4-12,14-17H,2,13,19H2,1,3H3,(H2,30,31,32);2-9,12H,1H3,(H,23,24);2-6H,1,7H2/b17-16-,24-4+,34-33?;;4-3-,6-5-. The van der Waals surface area contributed by atoms with Gasteiger partial charge < -0.3 is 21.7 Å². The SMILES string of the molecule is C=C(/C=C\C(=C/C)[N+](=O)[O-])N=Nc1c(Nc2ccccc2)nc(NCC2=CC=CC=CC2)c(C#N)c1C.C=C/C=C\C=C/N.Cc1c(N=Nc2ccc([N+](=O)[O-])cc2C#N)cnc(Nc2ccccc2)c1C#N. The number of aromatic nitrogens is 2. The molecule has 0 atom stereocenters. The lowest BCUT2D eigenvalue weighted by Gasteiger charge is -2.16. The first kappa shape index (κ1) is 54.9. The largest absolute Gasteiger partial charge is 0.405 e. The monoisotopic (exact) mass is 971 g/mol. The molecule has 3 aromatic carbocycles. The van der Waals surface area contributed by atoms with Crippen molar-refractivity contribution in [3.63, 3.8) is 0 Å². The van der Waals surface area contributed by atoms with E-state index in [9.17, 15) is 36.0 Å². The lowest BCUT2D eigenvalue weighted by molar-refractivity contribution is -0.419. The van der Waals surface area contributed by atoms with Crippen molar-refractivity contribution in [3.05, 3.63) is 242 Å². The van der Waals surface area contributed by atoms with Gasteiger partial charge in [-0.15, -0.1) is 15.3 Å². The number of para-hydroxylation sites is 2. The van der Waals surface area contributed by atoms with E-state index in [1.165, 1.54) is 42.8 Å². The first-order valence-corrected chi connectivity index (χ1v) is 22.0. The second-order valence-corrected chi connectivity index (χ2v) is 14.8. The van der Waals surface area contributed by atoms with Gasteiger partial charge in [0.25, 0.3) is 11.4 Å². The highest BCUT2D eigenvalue weighted by Gasteiger charge is 2.19. The van der Waals surface area contributed by atoms with Gasteiger partial charge in [0.15, 0.2) is 5.82 Å². The summed E-state index contributed by atoms with van der Waals surface area (Å²) in [5.41, 5.74) is 10.3. The Hall–Kier alpha value is -10.7. The average molecular weight is 972 g/mol. The summed E-state index contributed by atoms with van der Waals surface area (Å²) in [6.45, 7) is 12.8. The van der Waals surface area contributed by atoms with Gasteiger partial charge in [0.1, 0.15) is 46.9 Å². The zero-order valence-electron chi connectivity index (χ0n) is 40.0. The third kappa shape index (κ3) is 17.1. The van der Waals surface area contributed by atoms with Gasteiger partial charge in [-0.1, -0.05) is 98.2 Å². The van der Waals surface area contributed by atoms with Crippen LogP contribution in [0.15, 0.2) is 215 Å². The Morgan fingerprint density at radius 1 is 0.808 bits per heavy atom. The minimum absolute atomic E-state index is 0.0245. The number of nitriles is 3. The Labute approximate surface area is 422 Å². The van der Waals surface area contributed by atoms with Gasteiger partial charge in [-0.3, -0.25) is 20.2 Å². The average Bonchev–Trinajstić information content (AvgIpc) is 3.68. The quantitative estimate of drug-likeness (QED) is 0.0292. The third-order valence-electron chi connectivity index (χ3n) is 9.85. The summed E-state index contributed by atoms with van der Waals surface area (Å²) in [6.07, 6.45) is 24.9. The van der Waals surface area contributed by atoms with Crippen LogP contribution in [0, 0.1) is 68.1 Å². The van der Waals surface area contributed by atoms with Crippen LogP contribution in [0.1, 0.15) is 41.2 Å². The van der Waals surface area contributed by atoms with E-state index >= 15 is 0 Å². The Kier molecular flexibility index (Phi) is 22.0. The summed E-state index contributed by atoms with van der Waals surface area (Å²) in [5.74, 6) is 1.22. The van der Waals surface area contributed by atoms with Gasteiger partial charge in [-0.05, 0) is 93.1 Å². The normalized spacial score (nSPS) is 11.9. The molecule has 0 bridgehead atoms. The fraction of sp³-hybridized carbons (Fsp3) is 0.0926. The molecule has 0 unspecified atom stereocenters. The van der Waals surface area contributed by atoms with Gasteiger partial charge in [0, 0.05) is 41.7 Å². The minimum Gasteiger partial charge on any atom is -0.405 e. The summed E-state index contributed by atoms with van der Waals surface area (Å²) in [5, 5.41) is 76.7. The van der Waals surface area contributed by atoms with Crippen molar-refractivity contribution >= 4 is 51.6 Å². The Morgan fingerprint density at radius 3 is 2.07 bits per heavy atom. The van der Waals surface area contributed by atoms with E-state index in [0.29, 0.717) is 57.6 Å². The van der Waals surface area contributed by atoms with Crippen molar-refractivity contribution in [3.8, 4) is 18.2 Å². The smallest absolute Gasteiger partial charge is 0.270 e. The summed E-state index contributed by atoms with van der Waals surface area (Å²) < 4.78 is 0. The van der Waals surface area contributed by atoms with E-state index in [0.717, 1.165) is 29.4 Å². The molecule has 1 aliphatic rings. The van der Waals surface area contributed by atoms with Crippen molar-refractivity contribution in [1.29, 1.82) is 15.8 Å². The molecule has 19 heteroatoms. The topological polar surface area (TPSA) is 295 Å². The van der Waals surface area contributed by atoms with Crippen LogP contribution in [0.3, 0.4) is 0 Å². The molecule has 0 amide bonds. The second-order valence-electron chi connectivity index (χ2n) is 14.8. The molecule has 364 valence electrons. The van der Waals surface area contributed by atoms with E-state index in [1.54, 1.807) is 32.9 Å². The molecule has 0 fully saturated rings. The van der Waals surface area contributed by atoms with E-state index in [2.05, 4.69) is 77.7 Å². The number of non-ortho nitro benzene ring substituents is 1. The fourth-order valence-electron chi connectivity index (χ4n) is 6.08. The Balaban J connectivity index is 0.000000286. The predicted octanol–water partition coefficient (Wildman–Crippen LogP) is 13.6. The molecule has 0 radical (unpaired) electrons. The molecule has 1 aliphatic carbocycles. The number of nitrogens with one attached hydrogen (secondary N) is 3. The van der Waals surface area contributed by atoms with Gasteiger partial charge in [0.05, 0.1) is 38.4 Å². The molecule has 5 N–H and O–H groups in total. The molecule has 0 saturated carbocycles. The molecule has 0 spiro atoms. The summed E-state index contributed by atoms with van der Waals surface area (Å²) >= 11 is 0. The van der Waals surface area contributed by atoms with Gasteiger partial charge in [0.2, 0.25) is 0 Å². The molecule has 2 heterocycles. The maximum Gasteiger partial charge on any atom is 0.270 e. The molecule has 0 aliphatic heterocycles. The highest BCUT2D eigenvalue weighted by Crippen LogP contribution is 2.36. The zero-order valence-corrected chi connectivity index (χ0v) is 40.0. The number of pyridine rings is 2. The van der Waals surface area contributed by atoms with Gasteiger partial charge in [-0.2, -0.15) is 20.9 Å². The number of nitrogens with zero attached hydrogens (tertiary/aromatic N) is 11. The van der Waals surface area contributed by atoms with Crippen molar-refractivity contribution < 1.29 is 9.85 Å². The number of hydrogen-bond acceptors (Lipinski definition) is 17. The number of azo groups is 2. The first-order chi connectivity index (χ1) is 35.4. The van der Waals surface area contributed by atoms with Crippen LogP contribution in [-0.2, 0) is 0 Å². The van der Waals surface area contributed by atoms with Crippen LogP contribution in [0.2, 0.25) is 0 Å². The van der Waals surface area contributed by atoms with Crippen LogP contribution in [0.25, 0.3) is 0 Å².